The minimum absolute atomic E-state index is 0.116. The molecule has 0 spiro atoms. The first-order valence-corrected chi connectivity index (χ1v) is 8.57. The molecule has 0 bridgehead atoms. The fourth-order valence-electron chi connectivity index (χ4n) is 2.25. The van der Waals surface area contributed by atoms with Crippen molar-refractivity contribution in [3.8, 4) is 5.75 Å². The van der Waals surface area contributed by atoms with Gasteiger partial charge in [-0.3, -0.25) is 9.59 Å². The Balaban J connectivity index is 1.93. The summed E-state index contributed by atoms with van der Waals surface area (Å²) in [5.41, 5.74) is 2.56. The van der Waals surface area contributed by atoms with Crippen LogP contribution in [-0.2, 0) is 11.3 Å². The van der Waals surface area contributed by atoms with Crippen molar-refractivity contribution in [1.29, 1.82) is 0 Å². The lowest BCUT2D eigenvalue weighted by Crippen LogP contribution is -2.31. The third-order valence-electron chi connectivity index (χ3n) is 3.75. The predicted molar refractivity (Wildman–Crippen MR) is 102 cm³/mol. The van der Waals surface area contributed by atoms with Crippen molar-refractivity contribution in [2.45, 2.75) is 6.54 Å². The van der Waals surface area contributed by atoms with Gasteiger partial charge in [0.1, 0.15) is 5.75 Å². The van der Waals surface area contributed by atoms with Crippen LogP contribution in [0.4, 0.5) is 5.69 Å². The van der Waals surface area contributed by atoms with E-state index in [-0.39, 0.29) is 12.5 Å². The topological polar surface area (TPSA) is 49.9 Å². The van der Waals surface area contributed by atoms with Gasteiger partial charge in [0.25, 0.3) is 5.91 Å². The minimum Gasteiger partial charge on any atom is -0.483 e. The number of carbonyl (C=O) groups excluding carboxylic acids is 2. The van der Waals surface area contributed by atoms with Crippen molar-refractivity contribution in [2.75, 3.05) is 32.6 Å². The molecule has 132 valence electrons. The molecule has 0 saturated carbocycles. The highest BCUT2D eigenvalue weighted by Gasteiger charge is 2.12. The first kappa shape index (κ1) is 19.0. The second-order valence-corrected chi connectivity index (χ2v) is 6.82. The van der Waals surface area contributed by atoms with E-state index in [2.05, 4.69) is 15.9 Å². The van der Waals surface area contributed by atoms with Gasteiger partial charge in [0.2, 0.25) is 0 Å². The average molecular weight is 405 g/mol. The Morgan fingerprint density at radius 1 is 1.12 bits per heavy atom. The summed E-state index contributed by atoms with van der Waals surface area (Å²) >= 11 is 3.30. The van der Waals surface area contributed by atoms with Gasteiger partial charge >= 0.3 is 0 Å². The molecule has 6 heteroatoms. The van der Waals surface area contributed by atoms with Crippen molar-refractivity contribution in [3.63, 3.8) is 0 Å². The average Bonchev–Trinajstić information content (AvgIpc) is 2.60. The molecule has 5 nitrogen and oxygen atoms in total. The summed E-state index contributed by atoms with van der Waals surface area (Å²) in [4.78, 5) is 27.0. The van der Waals surface area contributed by atoms with Gasteiger partial charge in [0.05, 0.1) is 5.56 Å². The smallest absolute Gasteiger partial charge is 0.260 e. The van der Waals surface area contributed by atoms with Gasteiger partial charge in [0.15, 0.2) is 12.9 Å². The normalized spacial score (nSPS) is 10.2. The molecule has 0 fully saturated rings. The molecule has 0 saturated heterocycles. The van der Waals surface area contributed by atoms with Crippen LogP contribution in [0, 0.1) is 0 Å². The van der Waals surface area contributed by atoms with Crippen LogP contribution in [0.1, 0.15) is 15.9 Å². The highest BCUT2D eigenvalue weighted by Crippen LogP contribution is 2.21. The fourth-order valence-corrected chi connectivity index (χ4v) is 2.63. The van der Waals surface area contributed by atoms with Crippen molar-refractivity contribution >= 4 is 33.8 Å². The second kappa shape index (κ2) is 8.67. The number of nitrogens with zero attached hydrogens (tertiary/aromatic N) is 2. The Morgan fingerprint density at radius 2 is 1.80 bits per heavy atom. The largest absolute Gasteiger partial charge is 0.483 e. The predicted octanol–water partition coefficient (Wildman–Crippen LogP) is 3.37. The Labute approximate surface area is 156 Å². The molecule has 0 aromatic heterocycles. The van der Waals surface area contributed by atoms with E-state index >= 15 is 0 Å². The van der Waals surface area contributed by atoms with Crippen LogP contribution in [0.15, 0.2) is 46.9 Å². The van der Waals surface area contributed by atoms with Gasteiger partial charge in [-0.1, -0.05) is 28.1 Å². The number of aldehydes is 1. The number of anilines is 1. The number of hydrogen-bond donors (Lipinski definition) is 0. The van der Waals surface area contributed by atoms with Gasteiger partial charge in [-0.15, -0.1) is 0 Å². The molecule has 0 heterocycles. The van der Waals surface area contributed by atoms with Crippen LogP contribution in [0.5, 0.6) is 5.75 Å². The highest BCUT2D eigenvalue weighted by molar-refractivity contribution is 9.10. The lowest BCUT2D eigenvalue weighted by Gasteiger charge is -2.19. The van der Waals surface area contributed by atoms with Crippen LogP contribution in [0.2, 0.25) is 0 Å². The molecule has 0 aliphatic carbocycles. The summed E-state index contributed by atoms with van der Waals surface area (Å²) in [6.07, 6.45) is 0.709. The maximum absolute atomic E-state index is 12.3. The highest BCUT2D eigenvalue weighted by atomic mass is 79.9. The Kier molecular flexibility index (Phi) is 6.58. The van der Waals surface area contributed by atoms with Gasteiger partial charge in [-0.25, -0.2) is 0 Å². The molecule has 0 aliphatic heterocycles. The molecular weight excluding hydrogens is 384 g/mol. The maximum atomic E-state index is 12.3. The zero-order valence-corrected chi connectivity index (χ0v) is 16.1. The van der Waals surface area contributed by atoms with Crippen LogP contribution in [0.25, 0.3) is 0 Å². The Morgan fingerprint density at radius 3 is 2.40 bits per heavy atom. The maximum Gasteiger partial charge on any atom is 0.260 e. The van der Waals surface area contributed by atoms with E-state index in [9.17, 15) is 9.59 Å². The van der Waals surface area contributed by atoms with Crippen molar-refractivity contribution in [3.05, 3.63) is 58.1 Å². The zero-order chi connectivity index (χ0) is 18.4. The molecule has 0 atom stereocenters. The van der Waals surface area contributed by atoms with E-state index in [0.717, 1.165) is 15.7 Å². The number of amides is 1. The molecule has 0 aliphatic rings. The Bertz CT molecular complexity index is 745. The number of ether oxygens (including phenoxy) is 1. The van der Waals surface area contributed by atoms with E-state index in [4.69, 9.17) is 4.74 Å². The Hall–Kier alpha value is -2.34. The van der Waals surface area contributed by atoms with Gasteiger partial charge in [-0.05, 0) is 35.9 Å². The van der Waals surface area contributed by atoms with Crippen molar-refractivity contribution in [2.24, 2.45) is 0 Å². The fraction of sp³-hybridized carbons (Fsp3) is 0.263. The summed E-state index contributed by atoms with van der Waals surface area (Å²) in [5.74, 6) is 0.242. The van der Waals surface area contributed by atoms with E-state index in [1.807, 2.05) is 43.3 Å². The quantitative estimate of drug-likeness (QED) is 0.663. The number of benzene rings is 2. The lowest BCUT2D eigenvalue weighted by molar-refractivity contribution is -0.132. The summed E-state index contributed by atoms with van der Waals surface area (Å²) in [6.45, 7) is 0.380. The van der Waals surface area contributed by atoms with Crippen molar-refractivity contribution in [1.82, 2.24) is 4.90 Å². The first-order valence-electron chi connectivity index (χ1n) is 7.78. The molecular formula is C19H21BrN2O3. The van der Waals surface area contributed by atoms with E-state index in [0.29, 0.717) is 24.1 Å². The number of carbonyl (C=O) groups is 2. The lowest BCUT2D eigenvalue weighted by atomic mass is 10.2. The second-order valence-electron chi connectivity index (χ2n) is 5.90. The molecule has 0 N–H and O–H groups in total. The number of halogens is 1. The monoisotopic (exact) mass is 404 g/mol. The summed E-state index contributed by atoms with van der Waals surface area (Å²) < 4.78 is 6.29. The van der Waals surface area contributed by atoms with Crippen LogP contribution >= 0.6 is 15.9 Å². The zero-order valence-electron chi connectivity index (χ0n) is 14.5. The minimum atomic E-state index is -0.156. The van der Waals surface area contributed by atoms with Gasteiger partial charge in [0, 0.05) is 37.8 Å². The van der Waals surface area contributed by atoms with Crippen LogP contribution in [-0.4, -0.2) is 44.8 Å². The van der Waals surface area contributed by atoms with Gasteiger partial charge in [-0.2, -0.15) is 0 Å². The third-order valence-corrected chi connectivity index (χ3v) is 4.24. The molecule has 0 unspecified atom stereocenters. The first-order chi connectivity index (χ1) is 11.9. The molecule has 2 rings (SSSR count). The molecule has 2 aromatic rings. The summed E-state index contributed by atoms with van der Waals surface area (Å²) in [7, 11) is 5.70. The summed E-state index contributed by atoms with van der Waals surface area (Å²) in [6, 6.07) is 13.1. The van der Waals surface area contributed by atoms with Gasteiger partial charge < -0.3 is 14.5 Å². The molecule has 0 radical (unpaired) electrons. The van der Waals surface area contributed by atoms with Crippen LogP contribution < -0.4 is 9.64 Å². The molecule has 2 aromatic carbocycles. The van der Waals surface area contributed by atoms with E-state index in [1.165, 1.54) is 0 Å². The number of hydrogen-bond acceptors (Lipinski definition) is 4. The standard InChI is InChI=1S/C19H21BrN2O3/c1-21(2)17-7-4-14(5-8-17)11-22(3)19(24)13-25-18-9-6-16(20)10-15(18)12-23/h4-10,12H,11,13H2,1-3H3. The number of likely N-dealkylation sites (N-methyl/N-ethyl adjacent to an activating group) is 1. The number of rotatable bonds is 7. The van der Waals surface area contributed by atoms with Crippen LogP contribution in [0.3, 0.4) is 0 Å². The SMILES string of the molecule is CN(Cc1ccc(N(C)C)cc1)C(=O)COc1ccc(Br)cc1C=O. The van der Waals surface area contributed by atoms with E-state index < -0.39 is 0 Å². The molecule has 25 heavy (non-hydrogen) atoms. The van der Waals surface area contributed by atoms with Crippen molar-refractivity contribution < 1.29 is 14.3 Å². The van der Waals surface area contributed by atoms with E-state index in [1.54, 1.807) is 30.1 Å². The third kappa shape index (κ3) is 5.32. The molecule has 1 amide bonds. The summed E-state index contributed by atoms with van der Waals surface area (Å²) in [5, 5.41) is 0.